The van der Waals surface area contributed by atoms with Gasteiger partial charge in [-0.2, -0.15) is 0 Å². The average Bonchev–Trinajstić information content (AvgIpc) is 2.36. The fourth-order valence-electron chi connectivity index (χ4n) is 3.30. The van der Waals surface area contributed by atoms with Crippen molar-refractivity contribution < 1.29 is 0 Å². The highest BCUT2D eigenvalue weighted by atomic mass is 32.2. The van der Waals surface area contributed by atoms with Crippen molar-refractivity contribution in [1.29, 1.82) is 0 Å². The minimum absolute atomic E-state index is 0.351. The zero-order valence-corrected chi connectivity index (χ0v) is 14.9. The van der Waals surface area contributed by atoms with Gasteiger partial charge in [0.1, 0.15) is 0 Å². The van der Waals surface area contributed by atoms with Gasteiger partial charge in [-0.1, -0.05) is 39.0 Å². The Bertz CT molecular complexity index is 453. The summed E-state index contributed by atoms with van der Waals surface area (Å²) in [5, 5.41) is 5.30. The molecule has 3 nitrogen and oxygen atoms in total. The van der Waals surface area contributed by atoms with Crippen LogP contribution in [0.3, 0.4) is 0 Å². The van der Waals surface area contributed by atoms with Crippen molar-refractivity contribution in [2.45, 2.75) is 76.8 Å². The van der Waals surface area contributed by atoms with Gasteiger partial charge in [0, 0.05) is 22.7 Å². The molecule has 4 heteroatoms. The van der Waals surface area contributed by atoms with Gasteiger partial charge in [-0.25, -0.2) is 9.97 Å². The van der Waals surface area contributed by atoms with Crippen LogP contribution in [-0.4, -0.2) is 27.8 Å². The topological polar surface area (TPSA) is 37.8 Å². The summed E-state index contributed by atoms with van der Waals surface area (Å²) >= 11 is 1.87. The molecule has 1 aromatic heterocycles. The van der Waals surface area contributed by atoms with Gasteiger partial charge < -0.3 is 5.32 Å². The number of nitrogens with zero attached hydrogens (tertiary/aromatic N) is 2. The van der Waals surface area contributed by atoms with E-state index < -0.39 is 0 Å². The quantitative estimate of drug-likeness (QED) is 0.830. The second kappa shape index (κ2) is 7.10. The predicted octanol–water partition coefficient (Wildman–Crippen LogP) is 4.13. The molecule has 0 bridgehead atoms. The molecule has 118 valence electrons. The second-order valence-electron chi connectivity index (χ2n) is 6.90. The second-order valence-corrected chi connectivity index (χ2v) is 8.11. The number of aromatic nitrogens is 2. The SMILES string of the molecule is CCCNC1C(Sc2nc(C)cc(C)n2)CCCC1(C)C. The monoisotopic (exact) mass is 307 g/mol. The van der Waals surface area contributed by atoms with E-state index >= 15 is 0 Å². The molecule has 0 saturated heterocycles. The van der Waals surface area contributed by atoms with Gasteiger partial charge in [0.2, 0.25) is 0 Å². The van der Waals surface area contributed by atoms with E-state index in [2.05, 4.69) is 49.9 Å². The van der Waals surface area contributed by atoms with Crippen molar-refractivity contribution in [3.05, 3.63) is 17.5 Å². The lowest BCUT2D eigenvalue weighted by Gasteiger charge is -2.44. The first kappa shape index (κ1) is 16.8. The number of rotatable bonds is 5. The van der Waals surface area contributed by atoms with E-state index in [1.54, 1.807) is 0 Å². The van der Waals surface area contributed by atoms with Crippen LogP contribution >= 0.6 is 11.8 Å². The Morgan fingerprint density at radius 2 is 1.95 bits per heavy atom. The Morgan fingerprint density at radius 1 is 1.29 bits per heavy atom. The molecule has 2 rings (SSSR count). The van der Waals surface area contributed by atoms with E-state index in [0.717, 1.165) is 23.1 Å². The summed E-state index contributed by atoms with van der Waals surface area (Å²) in [4.78, 5) is 9.23. The maximum atomic E-state index is 4.61. The van der Waals surface area contributed by atoms with E-state index in [1.807, 2.05) is 17.8 Å². The lowest BCUT2D eigenvalue weighted by Crippen LogP contribution is -2.51. The third-order valence-electron chi connectivity index (χ3n) is 4.36. The fourth-order valence-corrected chi connectivity index (χ4v) is 4.85. The predicted molar refractivity (Wildman–Crippen MR) is 90.9 cm³/mol. The summed E-state index contributed by atoms with van der Waals surface area (Å²) < 4.78 is 0. The van der Waals surface area contributed by atoms with Crippen LogP contribution in [0.5, 0.6) is 0 Å². The molecule has 0 radical (unpaired) electrons. The van der Waals surface area contributed by atoms with Crippen LogP contribution in [0.4, 0.5) is 0 Å². The van der Waals surface area contributed by atoms with E-state index in [9.17, 15) is 0 Å². The number of hydrogen-bond donors (Lipinski definition) is 1. The molecular formula is C17H29N3S. The Morgan fingerprint density at radius 3 is 2.57 bits per heavy atom. The van der Waals surface area contributed by atoms with Crippen LogP contribution in [0.15, 0.2) is 11.2 Å². The molecular weight excluding hydrogens is 278 g/mol. The summed E-state index contributed by atoms with van der Waals surface area (Å²) in [5.74, 6) is 0. The summed E-state index contributed by atoms with van der Waals surface area (Å²) in [6.45, 7) is 12.2. The van der Waals surface area contributed by atoms with Crippen LogP contribution in [0.25, 0.3) is 0 Å². The Balaban J connectivity index is 2.14. The fraction of sp³-hybridized carbons (Fsp3) is 0.765. The molecule has 0 spiro atoms. The third-order valence-corrected chi connectivity index (χ3v) is 5.56. The van der Waals surface area contributed by atoms with Crippen molar-refractivity contribution in [3.8, 4) is 0 Å². The molecule has 1 aliphatic rings. The molecule has 0 amide bonds. The van der Waals surface area contributed by atoms with Gasteiger partial charge in [0.25, 0.3) is 0 Å². The zero-order valence-electron chi connectivity index (χ0n) is 14.1. The third kappa shape index (κ3) is 4.43. The van der Waals surface area contributed by atoms with Crippen LogP contribution in [-0.2, 0) is 0 Å². The normalized spacial score (nSPS) is 25.0. The first-order chi connectivity index (χ1) is 9.92. The smallest absolute Gasteiger partial charge is 0.188 e. The lowest BCUT2D eigenvalue weighted by molar-refractivity contribution is 0.175. The summed E-state index contributed by atoms with van der Waals surface area (Å²) in [6.07, 6.45) is 5.05. The Kier molecular flexibility index (Phi) is 5.67. The lowest BCUT2D eigenvalue weighted by atomic mass is 9.73. The van der Waals surface area contributed by atoms with Crippen molar-refractivity contribution in [2.24, 2.45) is 5.41 Å². The van der Waals surface area contributed by atoms with Crippen molar-refractivity contribution in [2.75, 3.05) is 6.54 Å². The summed E-state index contributed by atoms with van der Waals surface area (Å²) in [6, 6.07) is 2.59. The molecule has 1 aromatic rings. The molecule has 21 heavy (non-hydrogen) atoms. The van der Waals surface area contributed by atoms with Crippen LogP contribution in [0.1, 0.15) is 57.8 Å². The molecule has 1 saturated carbocycles. The van der Waals surface area contributed by atoms with Crippen molar-refractivity contribution in [1.82, 2.24) is 15.3 Å². The van der Waals surface area contributed by atoms with E-state index in [1.165, 1.54) is 25.7 Å². The van der Waals surface area contributed by atoms with Crippen LogP contribution in [0, 0.1) is 19.3 Å². The number of hydrogen-bond acceptors (Lipinski definition) is 4. The highest BCUT2D eigenvalue weighted by molar-refractivity contribution is 7.99. The van der Waals surface area contributed by atoms with E-state index in [-0.39, 0.29) is 0 Å². The molecule has 0 aromatic carbocycles. The minimum atomic E-state index is 0.351. The molecule has 1 fully saturated rings. The standard InChI is InChI=1S/C17H29N3S/c1-6-10-18-15-14(8-7-9-17(15,4)5)21-16-19-12(2)11-13(3)20-16/h11,14-15,18H,6-10H2,1-5H3. The summed E-state index contributed by atoms with van der Waals surface area (Å²) in [5.41, 5.74) is 2.49. The molecule has 1 aliphatic carbocycles. The van der Waals surface area contributed by atoms with E-state index in [0.29, 0.717) is 16.7 Å². The van der Waals surface area contributed by atoms with Crippen LogP contribution in [0.2, 0.25) is 0 Å². The van der Waals surface area contributed by atoms with Crippen molar-refractivity contribution in [3.63, 3.8) is 0 Å². The highest BCUT2D eigenvalue weighted by Crippen LogP contribution is 2.42. The van der Waals surface area contributed by atoms with E-state index in [4.69, 9.17) is 0 Å². The van der Waals surface area contributed by atoms with Crippen molar-refractivity contribution >= 4 is 11.8 Å². The maximum Gasteiger partial charge on any atom is 0.188 e. The molecule has 2 unspecified atom stereocenters. The van der Waals surface area contributed by atoms with Gasteiger partial charge in [-0.05, 0) is 51.1 Å². The number of aryl methyl sites for hydroxylation is 2. The Hall–Kier alpha value is -0.610. The minimum Gasteiger partial charge on any atom is -0.312 e. The first-order valence-electron chi connectivity index (χ1n) is 8.14. The van der Waals surface area contributed by atoms with Gasteiger partial charge in [0.05, 0.1) is 0 Å². The molecule has 1 N–H and O–H groups in total. The van der Waals surface area contributed by atoms with Gasteiger partial charge in [0.15, 0.2) is 5.16 Å². The number of thioether (sulfide) groups is 1. The largest absolute Gasteiger partial charge is 0.312 e. The molecule has 2 atom stereocenters. The summed E-state index contributed by atoms with van der Waals surface area (Å²) in [7, 11) is 0. The molecule has 1 heterocycles. The average molecular weight is 308 g/mol. The maximum absolute atomic E-state index is 4.61. The molecule has 0 aliphatic heterocycles. The first-order valence-corrected chi connectivity index (χ1v) is 9.02. The van der Waals surface area contributed by atoms with Gasteiger partial charge in [-0.15, -0.1) is 0 Å². The zero-order chi connectivity index (χ0) is 15.5. The van der Waals surface area contributed by atoms with Gasteiger partial charge >= 0.3 is 0 Å². The van der Waals surface area contributed by atoms with Crippen LogP contribution < -0.4 is 5.32 Å². The Labute approximate surface area is 133 Å². The van der Waals surface area contributed by atoms with Gasteiger partial charge in [-0.3, -0.25) is 0 Å². The highest BCUT2D eigenvalue weighted by Gasteiger charge is 2.39. The number of nitrogens with one attached hydrogen (secondary N) is 1.